The molecule has 0 rings (SSSR count). The van der Waals surface area contributed by atoms with Gasteiger partial charge in [0.1, 0.15) is 5.60 Å². The molecule has 0 heterocycles. The summed E-state index contributed by atoms with van der Waals surface area (Å²) in [5.41, 5.74) is -0.694. The van der Waals surface area contributed by atoms with Crippen LogP contribution in [0.4, 0.5) is 4.79 Å². The number of alkyl carbamates (subject to hydrolysis) is 1. The molecule has 0 saturated carbocycles. The number of ketones is 1. The van der Waals surface area contributed by atoms with E-state index in [1.165, 1.54) is 6.92 Å². The van der Waals surface area contributed by atoms with Gasteiger partial charge >= 0.3 is 12.1 Å². The SMILES string of the molecule is CCOC(=O)C(NC(=O)OC(C)(C)C)C(C)=O. The minimum Gasteiger partial charge on any atom is -0.464 e. The summed E-state index contributed by atoms with van der Waals surface area (Å²) in [6.07, 6.45) is -0.828. The molecule has 0 aliphatic heterocycles. The maximum Gasteiger partial charge on any atom is 0.408 e. The van der Waals surface area contributed by atoms with Crippen LogP contribution in [0.25, 0.3) is 0 Å². The van der Waals surface area contributed by atoms with Crippen LogP contribution in [0.5, 0.6) is 0 Å². The zero-order chi connectivity index (χ0) is 13.6. The number of hydrogen-bond acceptors (Lipinski definition) is 5. The summed E-state index contributed by atoms with van der Waals surface area (Å²) in [7, 11) is 0. The van der Waals surface area contributed by atoms with E-state index in [4.69, 9.17) is 4.74 Å². The quantitative estimate of drug-likeness (QED) is 0.591. The van der Waals surface area contributed by atoms with Crippen molar-refractivity contribution in [1.82, 2.24) is 5.32 Å². The Morgan fingerprint density at radius 3 is 2.12 bits per heavy atom. The van der Waals surface area contributed by atoms with Gasteiger partial charge in [-0.25, -0.2) is 9.59 Å². The van der Waals surface area contributed by atoms with Gasteiger partial charge in [0.25, 0.3) is 0 Å². The monoisotopic (exact) mass is 245 g/mol. The number of ether oxygens (including phenoxy) is 2. The second-order valence-corrected chi connectivity index (χ2v) is 4.44. The highest BCUT2D eigenvalue weighted by atomic mass is 16.6. The lowest BCUT2D eigenvalue weighted by atomic mass is 10.2. The van der Waals surface area contributed by atoms with Gasteiger partial charge in [-0.15, -0.1) is 0 Å². The molecule has 0 spiro atoms. The van der Waals surface area contributed by atoms with Gasteiger partial charge in [0.15, 0.2) is 11.8 Å². The third-order valence-electron chi connectivity index (χ3n) is 1.59. The van der Waals surface area contributed by atoms with Gasteiger partial charge in [0.2, 0.25) is 0 Å². The Balaban J connectivity index is 4.51. The second kappa shape index (κ2) is 6.22. The largest absolute Gasteiger partial charge is 0.464 e. The van der Waals surface area contributed by atoms with Crippen LogP contribution in [-0.2, 0) is 19.1 Å². The van der Waals surface area contributed by atoms with E-state index in [1.54, 1.807) is 27.7 Å². The van der Waals surface area contributed by atoms with Crippen molar-refractivity contribution in [2.24, 2.45) is 0 Å². The summed E-state index contributed by atoms with van der Waals surface area (Å²) in [6.45, 7) is 7.99. The third kappa shape index (κ3) is 6.55. The van der Waals surface area contributed by atoms with Crippen molar-refractivity contribution >= 4 is 17.8 Å². The minimum absolute atomic E-state index is 0.138. The van der Waals surface area contributed by atoms with E-state index in [2.05, 4.69) is 10.1 Å². The zero-order valence-electron chi connectivity index (χ0n) is 10.8. The summed E-state index contributed by atoms with van der Waals surface area (Å²) in [6, 6.07) is -1.32. The van der Waals surface area contributed by atoms with Gasteiger partial charge < -0.3 is 14.8 Å². The Hall–Kier alpha value is -1.59. The number of amides is 1. The van der Waals surface area contributed by atoms with Crippen molar-refractivity contribution < 1.29 is 23.9 Å². The standard InChI is InChI=1S/C11H19NO5/c1-6-16-9(14)8(7(2)13)12-10(15)17-11(3,4)5/h8H,6H2,1-5H3,(H,12,15). The fraction of sp³-hybridized carbons (Fsp3) is 0.727. The number of hydrogen-bond donors (Lipinski definition) is 1. The van der Waals surface area contributed by atoms with Crippen molar-refractivity contribution in [2.75, 3.05) is 6.61 Å². The van der Waals surface area contributed by atoms with Crippen molar-refractivity contribution in [3.63, 3.8) is 0 Å². The van der Waals surface area contributed by atoms with Crippen LogP contribution < -0.4 is 5.32 Å². The van der Waals surface area contributed by atoms with Crippen molar-refractivity contribution in [1.29, 1.82) is 0 Å². The molecule has 1 unspecified atom stereocenters. The summed E-state index contributed by atoms with van der Waals surface area (Å²) in [5, 5.41) is 2.17. The highest BCUT2D eigenvalue weighted by molar-refractivity contribution is 6.04. The lowest BCUT2D eigenvalue weighted by Crippen LogP contribution is -2.48. The highest BCUT2D eigenvalue weighted by Crippen LogP contribution is 2.07. The first-order valence-corrected chi connectivity index (χ1v) is 5.34. The lowest BCUT2D eigenvalue weighted by Gasteiger charge is -2.21. The molecule has 0 aliphatic rings. The number of esters is 1. The molecule has 0 aromatic rings. The number of carbonyl (C=O) groups excluding carboxylic acids is 3. The van der Waals surface area contributed by atoms with Crippen LogP contribution in [-0.4, -0.2) is 36.1 Å². The Kier molecular flexibility index (Phi) is 5.64. The lowest BCUT2D eigenvalue weighted by molar-refractivity contribution is -0.148. The Morgan fingerprint density at radius 1 is 1.24 bits per heavy atom. The van der Waals surface area contributed by atoms with Gasteiger partial charge in [-0.3, -0.25) is 4.79 Å². The van der Waals surface area contributed by atoms with E-state index in [0.29, 0.717) is 0 Å². The molecule has 0 saturated heterocycles. The number of carbonyl (C=O) groups is 3. The summed E-state index contributed by atoms with van der Waals surface area (Å²) in [5.74, 6) is -1.29. The van der Waals surface area contributed by atoms with Gasteiger partial charge in [-0.1, -0.05) is 0 Å². The first-order chi connectivity index (χ1) is 7.67. The number of rotatable bonds is 4. The molecular weight excluding hydrogens is 226 g/mol. The molecule has 0 radical (unpaired) electrons. The van der Waals surface area contributed by atoms with E-state index < -0.39 is 29.5 Å². The van der Waals surface area contributed by atoms with Crippen LogP contribution in [0.3, 0.4) is 0 Å². The Bertz CT molecular complexity index is 305. The summed E-state index contributed by atoms with van der Waals surface area (Å²) >= 11 is 0. The van der Waals surface area contributed by atoms with Gasteiger partial charge in [0.05, 0.1) is 6.61 Å². The molecule has 0 bridgehead atoms. The molecular formula is C11H19NO5. The first-order valence-electron chi connectivity index (χ1n) is 5.34. The van der Waals surface area contributed by atoms with Crippen molar-refractivity contribution in [2.45, 2.75) is 46.3 Å². The number of Topliss-reactive ketones (excluding diaryl/α,β-unsaturated/α-hetero) is 1. The molecule has 0 aromatic carbocycles. The smallest absolute Gasteiger partial charge is 0.408 e. The molecule has 1 N–H and O–H groups in total. The molecule has 17 heavy (non-hydrogen) atoms. The summed E-state index contributed by atoms with van der Waals surface area (Å²) < 4.78 is 9.60. The molecule has 6 heteroatoms. The predicted molar refractivity (Wildman–Crippen MR) is 60.5 cm³/mol. The zero-order valence-corrected chi connectivity index (χ0v) is 10.8. The predicted octanol–water partition coefficient (Wildman–Crippen LogP) is 1.03. The molecule has 6 nitrogen and oxygen atoms in total. The number of nitrogens with one attached hydrogen (secondary N) is 1. The van der Waals surface area contributed by atoms with E-state index in [-0.39, 0.29) is 6.61 Å². The first kappa shape index (κ1) is 15.4. The van der Waals surface area contributed by atoms with Crippen LogP contribution in [0.15, 0.2) is 0 Å². The van der Waals surface area contributed by atoms with E-state index in [0.717, 1.165) is 0 Å². The van der Waals surface area contributed by atoms with Crippen LogP contribution in [0.2, 0.25) is 0 Å². The van der Waals surface area contributed by atoms with E-state index >= 15 is 0 Å². The van der Waals surface area contributed by atoms with Gasteiger partial charge in [-0.2, -0.15) is 0 Å². The fourth-order valence-corrected chi connectivity index (χ4v) is 0.978. The normalized spacial score (nSPS) is 12.5. The highest BCUT2D eigenvalue weighted by Gasteiger charge is 2.28. The Labute approximate surface area is 101 Å². The van der Waals surface area contributed by atoms with Crippen LogP contribution in [0.1, 0.15) is 34.6 Å². The fourth-order valence-electron chi connectivity index (χ4n) is 0.978. The minimum atomic E-state index is -1.32. The average Bonchev–Trinajstić information content (AvgIpc) is 2.11. The molecule has 1 atom stereocenters. The second-order valence-electron chi connectivity index (χ2n) is 4.44. The molecule has 1 amide bonds. The third-order valence-corrected chi connectivity index (χ3v) is 1.59. The Morgan fingerprint density at radius 2 is 1.76 bits per heavy atom. The molecule has 0 fully saturated rings. The van der Waals surface area contributed by atoms with Crippen molar-refractivity contribution in [3.8, 4) is 0 Å². The van der Waals surface area contributed by atoms with E-state index in [9.17, 15) is 14.4 Å². The van der Waals surface area contributed by atoms with Gasteiger partial charge in [0, 0.05) is 0 Å². The molecule has 0 aromatic heterocycles. The van der Waals surface area contributed by atoms with Crippen molar-refractivity contribution in [3.05, 3.63) is 0 Å². The maximum absolute atomic E-state index is 11.4. The van der Waals surface area contributed by atoms with E-state index in [1.807, 2.05) is 0 Å². The summed E-state index contributed by atoms with van der Waals surface area (Å²) in [4.78, 5) is 34.0. The molecule has 98 valence electrons. The average molecular weight is 245 g/mol. The topological polar surface area (TPSA) is 81.7 Å². The van der Waals surface area contributed by atoms with Crippen LogP contribution >= 0.6 is 0 Å². The van der Waals surface area contributed by atoms with Crippen LogP contribution in [0, 0.1) is 0 Å². The van der Waals surface area contributed by atoms with Gasteiger partial charge in [-0.05, 0) is 34.6 Å². The molecule has 0 aliphatic carbocycles. The maximum atomic E-state index is 11.4.